The van der Waals surface area contributed by atoms with Crippen LogP contribution in [0.15, 0.2) is 0 Å². The molecule has 2 bridgehead atoms. The molecular formula is C7H13NO3. The normalized spacial score (nSPS) is 56.5. The Bertz CT molecular complexity index is 162. The summed E-state index contributed by atoms with van der Waals surface area (Å²) in [5, 5.41) is 31.0. The van der Waals surface area contributed by atoms with Crippen molar-refractivity contribution < 1.29 is 15.3 Å². The molecule has 0 aromatic carbocycles. The molecule has 5 atom stereocenters. The number of piperidine rings is 1. The molecule has 0 spiro atoms. The van der Waals surface area contributed by atoms with Gasteiger partial charge in [0.2, 0.25) is 0 Å². The zero-order valence-electron chi connectivity index (χ0n) is 6.14. The van der Waals surface area contributed by atoms with Crippen molar-refractivity contribution in [1.82, 2.24) is 5.32 Å². The van der Waals surface area contributed by atoms with Crippen LogP contribution in [0.25, 0.3) is 0 Å². The third kappa shape index (κ3) is 1.06. The van der Waals surface area contributed by atoms with Gasteiger partial charge in [0.05, 0.1) is 18.3 Å². The molecule has 2 aliphatic rings. The summed E-state index contributed by atoms with van der Waals surface area (Å²) in [7, 11) is 0. The van der Waals surface area contributed by atoms with Crippen molar-refractivity contribution in [3.8, 4) is 0 Å². The Kier molecular flexibility index (Phi) is 1.64. The van der Waals surface area contributed by atoms with Crippen molar-refractivity contribution in [1.29, 1.82) is 0 Å². The van der Waals surface area contributed by atoms with Crippen molar-refractivity contribution in [3.63, 3.8) is 0 Å². The molecule has 0 aromatic heterocycles. The van der Waals surface area contributed by atoms with Gasteiger partial charge in [-0.05, 0) is 12.8 Å². The highest BCUT2D eigenvalue weighted by molar-refractivity contribution is 5.02. The average molecular weight is 159 g/mol. The van der Waals surface area contributed by atoms with Gasteiger partial charge < -0.3 is 20.6 Å². The molecule has 2 rings (SSSR count). The molecule has 11 heavy (non-hydrogen) atoms. The molecule has 64 valence electrons. The number of nitrogens with one attached hydrogen (secondary N) is 1. The molecule has 4 nitrogen and oxygen atoms in total. The van der Waals surface area contributed by atoms with Crippen LogP contribution in [-0.2, 0) is 0 Å². The maximum absolute atomic E-state index is 9.36. The van der Waals surface area contributed by atoms with Crippen molar-refractivity contribution in [3.05, 3.63) is 0 Å². The van der Waals surface area contributed by atoms with E-state index in [0.717, 1.165) is 0 Å². The van der Waals surface area contributed by atoms with Crippen molar-refractivity contribution in [2.45, 2.75) is 43.2 Å². The van der Waals surface area contributed by atoms with Crippen LogP contribution in [-0.4, -0.2) is 45.7 Å². The van der Waals surface area contributed by atoms with E-state index in [1.54, 1.807) is 0 Å². The largest absolute Gasteiger partial charge is 0.391 e. The summed E-state index contributed by atoms with van der Waals surface area (Å²) in [4.78, 5) is 0. The van der Waals surface area contributed by atoms with Gasteiger partial charge in [0.25, 0.3) is 0 Å². The van der Waals surface area contributed by atoms with Crippen molar-refractivity contribution >= 4 is 0 Å². The SMILES string of the molecule is O[C@@H]1CC2NC1C[C@@H](O)[C@@H]2O. The smallest absolute Gasteiger partial charge is 0.0953 e. The van der Waals surface area contributed by atoms with Gasteiger partial charge in [0.15, 0.2) is 0 Å². The standard InChI is InChI=1S/C7H13NO3/c9-5-2-4-7(11)6(10)1-3(5)8-4/h3-11H,1-2H2/t3?,4?,5-,6-,7-/m1/s1. The van der Waals surface area contributed by atoms with E-state index in [1.165, 1.54) is 0 Å². The molecule has 4 heteroatoms. The third-order valence-electron chi connectivity index (χ3n) is 2.69. The van der Waals surface area contributed by atoms with Crippen LogP contribution in [0.1, 0.15) is 12.8 Å². The lowest BCUT2D eigenvalue weighted by Crippen LogP contribution is -2.52. The van der Waals surface area contributed by atoms with Gasteiger partial charge >= 0.3 is 0 Å². The summed E-state index contributed by atoms with van der Waals surface area (Å²) in [5.41, 5.74) is 0. The Morgan fingerprint density at radius 1 is 0.909 bits per heavy atom. The van der Waals surface area contributed by atoms with Crippen LogP contribution in [0.3, 0.4) is 0 Å². The third-order valence-corrected chi connectivity index (χ3v) is 2.69. The Morgan fingerprint density at radius 2 is 1.55 bits per heavy atom. The zero-order valence-corrected chi connectivity index (χ0v) is 6.14. The molecule has 0 saturated carbocycles. The number of hydrogen-bond acceptors (Lipinski definition) is 4. The first-order chi connectivity index (χ1) is 5.18. The lowest BCUT2D eigenvalue weighted by molar-refractivity contribution is -0.0256. The van der Waals surface area contributed by atoms with E-state index >= 15 is 0 Å². The Hall–Kier alpha value is -0.160. The molecule has 0 radical (unpaired) electrons. The highest BCUT2D eigenvalue weighted by atomic mass is 16.3. The Labute approximate surface area is 64.8 Å². The highest BCUT2D eigenvalue weighted by Crippen LogP contribution is 2.27. The van der Waals surface area contributed by atoms with E-state index < -0.39 is 18.3 Å². The maximum atomic E-state index is 9.36. The molecule has 2 saturated heterocycles. The molecule has 4 N–H and O–H groups in total. The minimum atomic E-state index is -0.705. The summed E-state index contributed by atoms with van der Waals surface area (Å²) in [6.07, 6.45) is -0.750. The van der Waals surface area contributed by atoms with Gasteiger partial charge in [0.1, 0.15) is 0 Å². The van der Waals surface area contributed by atoms with Gasteiger partial charge in [-0.2, -0.15) is 0 Å². The fourth-order valence-corrected chi connectivity index (χ4v) is 2.01. The number of rotatable bonds is 0. The van der Waals surface area contributed by atoms with Gasteiger partial charge in [-0.15, -0.1) is 0 Å². The molecule has 0 amide bonds. The van der Waals surface area contributed by atoms with Crippen molar-refractivity contribution in [2.75, 3.05) is 0 Å². The second kappa shape index (κ2) is 2.42. The molecule has 2 heterocycles. The van der Waals surface area contributed by atoms with Crippen LogP contribution in [0, 0.1) is 0 Å². The predicted molar refractivity (Wildman–Crippen MR) is 38.0 cm³/mol. The second-order valence-corrected chi connectivity index (χ2v) is 3.48. The summed E-state index contributed by atoms with van der Waals surface area (Å²) in [6.45, 7) is 0. The van der Waals surface area contributed by atoms with E-state index in [9.17, 15) is 15.3 Å². The van der Waals surface area contributed by atoms with Crippen LogP contribution in [0.4, 0.5) is 0 Å². The quantitative estimate of drug-likeness (QED) is 0.336. The molecule has 0 aromatic rings. The molecule has 2 aliphatic heterocycles. The van der Waals surface area contributed by atoms with E-state index in [0.29, 0.717) is 12.8 Å². The summed E-state index contributed by atoms with van der Waals surface area (Å²) < 4.78 is 0. The van der Waals surface area contributed by atoms with Crippen LogP contribution < -0.4 is 5.32 Å². The number of fused-ring (bicyclic) bond motifs is 2. The number of hydrogen-bond donors (Lipinski definition) is 4. The first-order valence-electron chi connectivity index (χ1n) is 3.98. The van der Waals surface area contributed by atoms with Crippen LogP contribution >= 0.6 is 0 Å². The predicted octanol–water partition coefficient (Wildman–Crippen LogP) is -1.80. The molecular weight excluding hydrogens is 146 g/mol. The number of aliphatic hydroxyl groups excluding tert-OH is 3. The Balaban J connectivity index is 2.12. The van der Waals surface area contributed by atoms with E-state index in [2.05, 4.69) is 5.32 Å². The van der Waals surface area contributed by atoms with Crippen LogP contribution in [0.2, 0.25) is 0 Å². The van der Waals surface area contributed by atoms with Gasteiger partial charge in [-0.25, -0.2) is 0 Å². The van der Waals surface area contributed by atoms with E-state index in [1.807, 2.05) is 0 Å². The lowest BCUT2D eigenvalue weighted by atomic mass is 9.99. The summed E-state index contributed by atoms with van der Waals surface area (Å²) in [6, 6.07) is -0.128. The topological polar surface area (TPSA) is 72.7 Å². The van der Waals surface area contributed by atoms with Gasteiger partial charge in [-0.3, -0.25) is 0 Å². The number of aliphatic hydroxyl groups is 3. The fraction of sp³-hybridized carbons (Fsp3) is 1.00. The highest BCUT2D eigenvalue weighted by Gasteiger charge is 2.44. The average Bonchev–Trinajstić information content (AvgIpc) is 2.26. The van der Waals surface area contributed by atoms with Gasteiger partial charge in [0, 0.05) is 12.1 Å². The second-order valence-electron chi connectivity index (χ2n) is 3.48. The summed E-state index contributed by atoms with van der Waals surface area (Å²) in [5.74, 6) is 0. The lowest BCUT2D eigenvalue weighted by Gasteiger charge is -2.30. The zero-order chi connectivity index (χ0) is 8.01. The van der Waals surface area contributed by atoms with Crippen LogP contribution in [0.5, 0.6) is 0 Å². The maximum Gasteiger partial charge on any atom is 0.0953 e. The van der Waals surface area contributed by atoms with E-state index in [4.69, 9.17) is 0 Å². The molecule has 2 fully saturated rings. The first-order valence-corrected chi connectivity index (χ1v) is 3.98. The van der Waals surface area contributed by atoms with Crippen molar-refractivity contribution in [2.24, 2.45) is 0 Å². The Morgan fingerprint density at radius 3 is 2.27 bits per heavy atom. The van der Waals surface area contributed by atoms with E-state index in [-0.39, 0.29) is 12.1 Å². The summed E-state index contributed by atoms with van der Waals surface area (Å²) >= 11 is 0. The van der Waals surface area contributed by atoms with Gasteiger partial charge in [-0.1, -0.05) is 0 Å². The monoisotopic (exact) mass is 159 g/mol. The fourth-order valence-electron chi connectivity index (χ4n) is 2.01. The minimum absolute atomic E-state index is 0.0154. The minimum Gasteiger partial charge on any atom is -0.391 e. The molecule has 0 aliphatic carbocycles. The first kappa shape index (κ1) is 7.49. The molecule has 2 unspecified atom stereocenters.